The fraction of sp³-hybridized carbons (Fsp3) is 0.474. The summed E-state index contributed by atoms with van der Waals surface area (Å²) >= 11 is 1.56. The molecular weight excluding hydrogens is 362 g/mol. The topological polar surface area (TPSA) is 81.9 Å². The van der Waals surface area contributed by atoms with Crippen molar-refractivity contribution in [1.29, 1.82) is 0 Å². The second-order valence-electron chi connectivity index (χ2n) is 7.44. The van der Waals surface area contributed by atoms with E-state index < -0.39 is 0 Å². The monoisotopic (exact) mass is 383 g/mol. The molecule has 1 saturated heterocycles. The third-order valence-electron chi connectivity index (χ3n) is 5.33. The van der Waals surface area contributed by atoms with Crippen molar-refractivity contribution in [3.8, 4) is 16.3 Å². The zero-order chi connectivity index (χ0) is 18.5. The number of aromatic nitrogens is 4. The van der Waals surface area contributed by atoms with Crippen LogP contribution in [-0.4, -0.2) is 38.3 Å². The minimum atomic E-state index is -0.0684. The SMILES string of the molecule is Cc1nnc(-c2cc(O[C@H](C)C3CNC(=O)C3)c3c(c2)ncn3C2CC2)s1. The number of amides is 1. The molecule has 27 heavy (non-hydrogen) atoms. The van der Waals surface area contributed by atoms with E-state index in [0.29, 0.717) is 19.0 Å². The van der Waals surface area contributed by atoms with Gasteiger partial charge in [-0.25, -0.2) is 4.98 Å². The van der Waals surface area contributed by atoms with E-state index in [1.54, 1.807) is 11.3 Å². The average Bonchev–Trinajstić information content (AvgIpc) is 3.04. The lowest BCUT2D eigenvalue weighted by molar-refractivity contribution is -0.119. The Hall–Kier alpha value is -2.48. The highest BCUT2D eigenvalue weighted by Crippen LogP contribution is 2.41. The Kier molecular flexibility index (Phi) is 3.89. The molecule has 0 radical (unpaired) electrons. The van der Waals surface area contributed by atoms with Crippen LogP contribution in [0.25, 0.3) is 21.6 Å². The summed E-state index contributed by atoms with van der Waals surface area (Å²) in [5, 5.41) is 13.1. The molecule has 2 aromatic heterocycles. The van der Waals surface area contributed by atoms with Crippen LogP contribution in [0, 0.1) is 12.8 Å². The summed E-state index contributed by atoms with van der Waals surface area (Å²) in [6.45, 7) is 4.65. The second kappa shape index (κ2) is 6.30. The second-order valence-corrected chi connectivity index (χ2v) is 8.62. The number of benzene rings is 1. The maximum absolute atomic E-state index is 11.6. The molecule has 140 valence electrons. The molecule has 1 aliphatic carbocycles. The van der Waals surface area contributed by atoms with Crippen molar-refractivity contribution in [2.24, 2.45) is 5.92 Å². The molecule has 0 spiro atoms. The third-order valence-corrected chi connectivity index (χ3v) is 6.22. The van der Waals surface area contributed by atoms with Crippen molar-refractivity contribution in [2.45, 2.75) is 45.3 Å². The number of carbonyl (C=O) groups excluding carboxylic acids is 1. The number of ether oxygens (including phenoxy) is 1. The molecule has 1 saturated carbocycles. The quantitative estimate of drug-likeness (QED) is 0.732. The Balaban J connectivity index is 1.56. The predicted octanol–water partition coefficient (Wildman–Crippen LogP) is 3.10. The number of nitrogens with one attached hydrogen (secondary N) is 1. The van der Waals surface area contributed by atoms with Crippen molar-refractivity contribution in [2.75, 3.05) is 6.54 Å². The van der Waals surface area contributed by atoms with E-state index in [9.17, 15) is 4.79 Å². The number of hydrogen-bond donors (Lipinski definition) is 1. The van der Waals surface area contributed by atoms with Crippen LogP contribution in [-0.2, 0) is 4.79 Å². The predicted molar refractivity (Wildman–Crippen MR) is 103 cm³/mol. The fourth-order valence-electron chi connectivity index (χ4n) is 3.65. The number of rotatable bonds is 5. The lowest BCUT2D eigenvalue weighted by atomic mass is 10.0. The van der Waals surface area contributed by atoms with Gasteiger partial charge in [-0.05, 0) is 38.8 Å². The van der Waals surface area contributed by atoms with E-state index in [-0.39, 0.29) is 17.9 Å². The van der Waals surface area contributed by atoms with Gasteiger partial charge in [-0.15, -0.1) is 10.2 Å². The minimum absolute atomic E-state index is 0.0684. The van der Waals surface area contributed by atoms with Crippen molar-refractivity contribution < 1.29 is 9.53 Å². The molecule has 0 bridgehead atoms. The van der Waals surface area contributed by atoms with Gasteiger partial charge in [0.05, 0.1) is 11.8 Å². The molecule has 1 amide bonds. The molecule has 2 atom stereocenters. The number of imidazole rings is 1. The Morgan fingerprint density at radius 3 is 2.85 bits per heavy atom. The first-order chi connectivity index (χ1) is 13.1. The first-order valence-corrected chi connectivity index (χ1v) is 10.1. The zero-order valence-electron chi connectivity index (χ0n) is 15.3. The average molecular weight is 383 g/mol. The standard InChI is InChI=1S/C19H21N5O2S/c1-10(13-7-17(25)20-8-13)26-16-6-12(19-23-22-11(2)27-19)5-15-18(16)24(9-21-15)14-3-4-14/h5-6,9-10,13-14H,3-4,7-8H2,1-2H3,(H,20,25)/t10-,13?/m1/s1. The van der Waals surface area contributed by atoms with Crippen LogP contribution < -0.4 is 10.1 Å². The van der Waals surface area contributed by atoms with Crippen molar-refractivity contribution in [1.82, 2.24) is 25.1 Å². The molecule has 1 N–H and O–H groups in total. The van der Waals surface area contributed by atoms with Crippen LogP contribution >= 0.6 is 11.3 Å². The lowest BCUT2D eigenvalue weighted by Gasteiger charge is -2.21. The van der Waals surface area contributed by atoms with Gasteiger partial charge in [0.15, 0.2) is 0 Å². The summed E-state index contributed by atoms with van der Waals surface area (Å²) in [5.41, 5.74) is 2.92. The first-order valence-electron chi connectivity index (χ1n) is 9.33. The Bertz CT molecular complexity index is 1020. The summed E-state index contributed by atoms with van der Waals surface area (Å²) < 4.78 is 8.64. The van der Waals surface area contributed by atoms with Gasteiger partial charge in [0.25, 0.3) is 0 Å². The summed E-state index contributed by atoms with van der Waals surface area (Å²) in [4.78, 5) is 16.2. The van der Waals surface area contributed by atoms with E-state index in [1.807, 2.05) is 26.2 Å². The van der Waals surface area contributed by atoms with Crippen molar-refractivity contribution in [3.05, 3.63) is 23.5 Å². The lowest BCUT2D eigenvalue weighted by Crippen LogP contribution is -2.25. The maximum atomic E-state index is 11.6. The summed E-state index contributed by atoms with van der Waals surface area (Å²) in [5.74, 6) is 1.09. The molecule has 7 nitrogen and oxygen atoms in total. The van der Waals surface area contributed by atoms with Crippen LogP contribution in [0.2, 0.25) is 0 Å². The number of fused-ring (bicyclic) bond motifs is 1. The van der Waals surface area contributed by atoms with Crippen LogP contribution in [0.1, 0.15) is 37.2 Å². The van der Waals surface area contributed by atoms with E-state index >= 15 is 0 Å². The van der Waals surface area contributed by atoms with Crippen molar-refractivity contribution in [3.63, 3.8) is 0 Å². The Morgan fingerprint density at radius 2 is 2.19 bits per heavy atom. The molecule has 3 aromatic rings. The highest BCUT2D eigenvalue weighted by atomic mass is 32.1. The van der Waals surface area contributed by atoms with Gasteiger partial charge in [0, 0.05) is 30.5 Å². The Morgan fingerprint density at radius 1 is 1.33 bits per heavy atom. The van der Waals surface area contributed by atoms with Gasteiger partial charge in [-0.1, -0.05) is 11.3 Å². The summed E-state index contributed by atoms with van der Waals surface area (Å²) in [6.07, 6.45) is 4.72. The molecule has 2 fully saturated rings. The zero-order valence-corrected chi connectivity index (χ0v) is 16.1. The molecule has 2 aliphatic rings. The van der Waals surface area contributed by atoms with Crippen molar-refractivity contribution >= 4 is 28.3 Å². The fourth-order valence-corrected chi connectivity index (χ4v) is 4.32. The molecular formula is C19H21N5O2S. The van der Waals surface area contributed by atoms with Crippen LogP contribution in [0.3, 0.4) is 0 Å². The van der Waals surface area contributed by atoms with E-state index in [4.69, 9.17) is 4.74 Å². The molecule has 1 unspecified atom stereocenters. The van der Waals surface area contributed by atoms with Crippen LogP contribution in [0.15, 0.2) is 18.5 Å². The van der Waals surface area contributed by atoms with Gasteiger partial charge in [0.2, 0.25) is 5.91 Å². The summed E-state index contributed by atoms with van der Waals surface area (Å²) in [6, 6.07) is 4.62. The molecule has 1 aliphatic heterocycles. The Labute approximate surface area is 160 Å². The number of carbonyl (C=O) groups is 1. The highest BCUT2D eigenvalue weighted by molar-refractivity contribution is 7.14. The summed E-state index contributed by atoms with van der Waals surface area (Å²) in [7, 11) is 0. The van der Waals surface area contributed by atoms with Gasteiger partial charge < -0.3 is 14.6 Å². The third kappa shape index (κ3) is 3.07. The number of hydrogen-bond acceptors (Lipinski definition) is 6. The largest absolute Gasteiger partial charge is 0.488 e. The van der Waals surface area contributed by atoms with Gasteiger partial charge >= 0.3 is 0 Å². The van der Waals surface area contributed by atoms with Gasteiger partial charge in [-0.3, -0.25) is 4.79 Å². The normalized spacial score (nSPS) is 20.8. The minimum Gasteiger partial charge on any atom is -0.488 e. The smallest absolute Gasteiger partial charge is 0.220 e. The van der Waals surface area contributed by atoms with E-state index in [2.05, 4.69) is 31.1 Å². The van der Waals surface area contributed by atoms with Crippen LogP contribution in [0.4, 0.5) is 0 Å². The molecule has 8 heteroatoms. The van der Waals surface area contributed by atoms with Gasteiger partial charge in [-0.2, -0.15) is 0 Å². The number of aryl methyl sites for hydroxylation is 1. The van der Waals surface area contributed by atoms with Crippen LogP contribution in [0.5, 0.6) is 5.75 Å². The first kappa shape index (κ1) is 16.7. The molecule has 5 rings (SSSR count). The van der Waals surface area contributed by atoms with E-state index in [1.165, 1.54) is 12.8 Å². The molecule has 3 heterocycles. The maximum Gasteiger partial charge on any atom is 0.220 e. The highest BCUT2D eigenvalue weighted by Gasteiger charge is 2.30. The van der Waals surface area contributed by atoms with Gasteiger partial charge in [0.1, 0.15) is 27.4 Å². The molecule has 1 aromatic carbocycles. The number of nitrogens with zero attached hydrogens (tertiary/aromatic N) is 4. The van der Waals surface area contributed by atoms with E-state index in [0.717, 1.165) is 32.4 Å².